The maximum absolute atomic E-state index is 3.47. The Morgan fingerprint density at radius 3 is 1.89 bits per heavy atom. The molecule has 0 aromatic carbocycles. The van der Waals surface area contributed by atoms with Gasteiger partial charge in [-0.1, -0.05) is 43.7 Å². The quantitative estimate of drug-likeness (QED) is 0.459. The van der Waals surface area contributed by atoms with Crippen molar-refractivity contribution in [3.05, 3.63) is 0 Å². The summed E-state index contributed by atoms with van der Waals surface area (Å²) in [5.41, 5.74) is 0. The average molecular weight is 252 g/mol. The van der Waals surface area contributed by atoms with Gasteiger partial charge in [-0.15, -0.1) is 0 Å². The molecule has 0 spiro atoms. The second kappa shape index (κ2) is 3.63. The Bertz CT molecular complexity index is 129. The summed E-state index contributed by atoms with van der Waals surface area (Å²) in [7, 11) is 0. The smallest absolute Gasteiger partial charge is 0.0755 e. The second-order valence-electron chi connectivity index (χ2n) is 2.15. The van der Waals surface area contributed by atoms with Crippen molar-refractivity contribution in [2.24, 2.45) is 0 Å². The molecule has 0 fully saturated rings. The summed E-state index contributed by atoms with van der Waals surface area (Å²) < 4.78 is 0. The molecule has 50 valence electrons. The number of alkyl halides is 2. The third-order valence-corrected chi connectivity index (χ3v) is 2.69. The highest BCUT2D eigenvalue weighted by Gasteiger charge is 2.06. The van der Waals surface area contributed by atoms with E-state index in [0.717, 1.165) is 0 Å². The minimum absolute atomic E-state index is 0.431. The van der Waals surface area contributed by atoms with E-state index in [4.69, 9.17) is 0 Å². The van der Waals surface area contributed by atoms with Crippen molar-refractivity contribution < 1.29 is 0 Å². The molecule has 0 aromatic heterocycles. The average Bonchev–Trinajstić information content (AvgIpc) is 1.97. The van der Waals surface area contributed by atoms with Crippen LogP contribution in [0.25, 0.3) is 0 Å². The maximum atomic E-state index is 3.47. The minimum Gasteiger partial charge on any atom is -0.0871 e. The van der Waals surface area contributed by atoms with E-state index in [0.29, 0.717) is 9.65 Å². The zero-order valence-electron chi connectivity index (χ0n) is 5.03. The molecule has 0 radical (unpaired) electrons. The Morgan fingerprint density at radius 2 is 1.44 bits per heavy atom. The van der Waals surface area contributed by atoms with E-state index in [9.17, 15) is 0 Å². The van der Waals surface area contributed by atoms with E-state index in [1.165, 1.54) is 19.3 Å². The molecule has 0 N–H and O–H groups in total. The second-order valence-corrected chi connectivity index (χ2v) is 4.37. The van der Waals surface area contributed by atoms with Crippen molar-refractivity contribution in [3.8, 4) is 11.8 Å². The predicted octanol–water partition coefficient (Wildman–Crippen LogP) is 2.70. The monoisotopic (exact) mass is 250 g/mol. The number of halogens is 2. The molecule has 0 aromatic rings. The molecule has 1 aliphatic carbocycles. The van der Waals surface area contributed by atoms with Gasteiger partial charge >= 0.3 is 0 Å². The summed E-state index contributed by atoms with van der Waals surface area (Å²) >= 11 is 6.94. The van der Waals surface area contributed by atoms with Crippen molar-refractivity contribution in [1.29, 1.82) is 0 Å². The summed E-state index contributed by atoms with van der Waals surface area (Å²) in [6, 6.07) is 0. The first-order valence-corrected chi connectivity index (χ1v) is 4.91. The van der Waals surface area contributed by atoms with Crippen LogP contribution in [0.2, 0.25) is 0 Å². The van der Waals surface area contributed by atoms with Gasteiger partial charge in [-0.2, -0.15) is 0 Å². The van der Waals surface area contributed by atoms with Crippen LogP contribution in [0.15, 0.2) is 0 Å². The lowest BCUT2D eigenvalue weighted by Gasteiger charge is -1.97. The molecule has 0 amide bonds. The Labute approximate surface area is 72.7 Å². The molecule has 0 nitrogen and oxygen atoms in total. The van der Waals surface area contributed by atoms with Crippen LogP contribution in [0.1, 0.15) is 19.3 Å². The fourth-order valence-corrected chi connectivity index (χ4v) is 1.71. The Balaban J connectivity index is 2.49. The molecule has 0 saturated heterocycles. The van der Waals surface area contributed by atoms with Crippen LogP contribution < -0.4 is 0 Å². The van der Waals surface area contributed by atoms with E-state index >= 15 is 0 Å². The number of hydrogen-bond donors (Lipinski definition) is 0. The summed E-state index contributed by atoms with van der Waals surface area (Å²) in [6.07, 6.45) is 3.63. The highest BCUT2D eigenvalue weighted by Crippen LogP contribution is 2.17. The van der Waals surface area contributed by atoms with Gasteiger partial charge in [0.05, 0.1) is 9.65 Å². The molecule has 1 rings (SSSR count). The third-order valence-electron chi connectivity index (χ3n) is 1.31. The standard InChI is InChI=1S/C7H8Br2/c8-6-2-1-3-7(9)5-4-6/h6-7H,1-3H2. The molecular weight excluding hydrogens is 244 g/mol. The van der Waals surface area contributed by atoms with Crippen LogP contribution in [0.3, 0.4) is 0 Å². The van der Waals surface area contributed by atoms with Crippen LogP contribution in [-0.4, -0.2) is 9.65 Å². The molecule has 9 heavy (non-hydrogen) atoms. The van der Waals surface area contributed by atoms with E-state index < -0.39 is 0 Å². The van der Waals surface area contributed by atoms with Crippen molar-refractivity contribution in [2.75, 3.05) is 0 Å². The molecule has 1 aliphatic rings. The number of hydrogen-bond acceptors (Lipinski definition) is 0. The molecular formula is C7H8Br2. The van der Waals surface area contributed by atoms with Crippen molar-refractivity contribution >= 4 is 31.9 Å². The lowest BCUT2D eigenvalue weighted by molar-refractivity contribution is 0.743. The first kappa shape index (κ1) is 7.63. The van der Waals surface area contributed by atoms with Crippen LogP contribution in [0.5, 0.6) is 0 Å². The SMILES string of the molecule is BrC1C#CC(Br)CCC1. The summed E-state index contributed by atoms with van der Waals surface area (Å²) in [6.45, 7) is 0. The van der Waals surface area contributed by atoms with E-state index in [1.54, 1.807) is 0 Å². The highest BCUT2D eigenvalue weighted by molar-refractivity contribution is 9.10. The Morgan fingerprint density at radius 1 is 1.00 bits per heavy atom. The summed E-state index contributed by atoms with van der Waals surface area (Å²) in [5.74, 6) is 6.23. The summed E-state index contributed by atoms with van der Waals surface area (Å²) in [4.78, 5) is 0.861. The third kappa shape index (κ3) is 2.73. The van der Waals surface area contributed by atoms with E-state index in [-0.39, 0.29) is 0 Å². The van der Waals surface area contributed by atoms with Gasteiger partial charge in [0.1, 0.15) is 0 Å². The first-order valence-electron chi connectivity index (χ1n) is 3.08. The van der Waals surface area contributed by atoms with Gasteiger partial charge in [-0.25, -0.2) is 0 Å². The van der Waals surface area contributed by atoms with Crippen LogP contribution in [0.4, 0.5) is 0 Å². The fourth-order valence-electron chi connectivity index (χ4n) is 0.801. The molecule has 2 heteroatoms. The zero-order valence-corrected chi connectivity index (χ0v) is 8.20. The normalized spacial score (nSPS) is 34.4. The fraction of sp³-hybridized carbons (Fsp3) is 0.714. The highest BCUT2D eigenvalue weighted by atomic mass is 79.9. The van der Waals surface area contributed by atoms with Crippen molar-refractivity contribution in [1.82, 2.24) is 0 Å². The van der Waals surface area contributed by atoms with E-state index in [2.05, 4.69) is 43.7 Å². The molecule has 2 atom stereocenters. The zero-order chi connectivity index (χ0) is 6.69. The lowest BCUT2D eigenvalue weighted by Crippen LogP contribution is -1.90. The van der Waals surface area contributed by atoms with E-state index in [1.807, 2.05) is 0 Å². The van der Waals surface area contributed by atoms with Gasteiger partial charge in [0.15, 0.2) is 0 Å². The van der Waals surface area contributed by atoms with Crippen molar-refractivity contribution in [2.45, 2.75) is 28.9 Å². The topological polar surface area (TPSA) is 0 Å². The van der Waals surface area contributed by atoms with Gasteiger partial charge < -0.3 is 0 Å². The number of rotatable bonds is 0. The summed E-state index contributed by atoms with van der Waals surface area (Å²) in [5, 5.41) is 0. The molecule has 0 heterocycles. The van der Waals surface area contributed by atoms with Gasteiger partial charge in [0, 0.05) is 0 Å². The molecule has 2 unspecified atom stereocenters. The van der Waals surface area contributed by atoms with Crippen LogP contribution in [0, 0.1) is 11.8 Å². The largest absolute Gasteiger partial charge is 0.0871 e. The van der Waals surface area contributed by atoms with Crippen LogP contribution in [-0.2, 0) is 0 Å². The molecule has 0 aliphatic heterocycles. The minimum atomic E-state index is 0.431. The molecule has 0 saturated carbocycles. The van der Waals surface area contributed by atoms with Gasteiger partial charge in [-0.05, 0) is 19.3 Å². The lowest BCUT2D eigenvalue weighted by atomic mass is 10.2. The molecule has 0 bridgehead atoms. The Hall–Kier alpha value is 0.520. The van der Waals surface area contributed by atoms with Gasteiger partial charge in [0.25, 0.3) is 0 Å². The van der Waals surface area contributed by atoms with Crippen molar-refractivity contribution in [3.63, 3.8) is 0 Å². The van der Waals surface area contributed by atoms with Gasteiger partial charge in [0.2, 0.25) is 0 Å². The maximum Gasteiger partial charge on any atom is 0.0755 e. The van der Waals surface area contributed by atoms with Crippen LogP contribution >= 0.6 is 31.9 Å². The first-order chi connectivity index (χ1) is 4.29. The predicted molar refractivity (Wildman–Crippen MR) is 47.1 cm³/mol. The Kier molecular flexibility index (Phi) is 3.08. The van der Waals surface area contributed by atoms with Gasteiger partial charge in [-0.3, -0.25) is 0 Å².